The lowest BCUT2D eigenvalue weighted by Gasteiger charge is -2.18. The number of rotatable bonds is 4. The summed E-state index contributed by atoms with van der Waals surface area (Å²) in [6.45, 7) is 1.68. The maximum absolute atomic E-state index is 12.9. The van der Waals surface area contributed by atoms with Crippen molar-refractivity contribution in [3.8, 4) is 0 Å². The van der Waals surface area contributed by atoms with Crippen molar-refractivity contribution in [1.82, 2.24) is 4.90 Å². The van der Waals surface area contributed by atoms with Crippen molar-refractivity contribution >= 4 is 10.8 Å². The molecule has 21 heavy (non-hydrogen) atoms. The fourth-order valence-corrected chi connectivity index (χ4v) is 2.68. The summed E-state index contributed by atoms with van der Waals surface area (Å²) >= 11 is 0. The molecule has 0 amide bonds. The lowest BCUT2D eigenvalue weighted by atomic mass is 10.0. The van der Waals surface area contributed by atoms with E-state index in [2.05, 4.69) is 54.4 Å². The quantitative estimate of drug-likeness (QED) is 0.674. The van der Waals surface area contributed by atoms with Crippen LogP contribution >= 0.6 is 0 Å². The Morgan fingerprint density at radius 1 is 0.810 bits per heavy atom. The molecular weight excluding hydrogens is 261 g/mol. The Kier molecular flexibility index (Phi) is 3.98. The number of benzene rings is 3. The highest BCUT2D eigenvalue weighted by atomic mass is 19.1. The van der Waals surface area contributed by atoms with Gasteiger partial charge in [-0.2, -0.15) is 0 Å². The Labute approximate surface area is 124 Å². The number of fused-ring (bicyclic) bond motifs is 1. The minimum absolute atomic E-state index is 0.185. The lowest BCUT2D eigenvalue weighted by molar-refractivity contribution is 0.320. The molecule has 0 saturated heterocycles. The number of halogens is 1. The second-order valence-corrected chi connectivity index (χ2v) is 5.44. The van der Waals surface area contributed by atoms with Gasteiger partial charge in [-0.05, 0) is 41.1 Å². The molecule has 0 radical (unpaired) electrons. The lowest BCUT2D eigenvalue weighted by Crippen LogP contribution is -2.17. The van der Waals surface area contributed by atoms with E-state index >= 15 is 0 Å². The first-order valence-corrected chi connectivity index (χ1v) is 7.12. The van der Waals surface area contributed by atoms with Gasteiger partial charge in [0.15, 0.2) is 0 Å². The first-order valence-electron chi connectivity index (χ1n) is 7.12. The van der Waals surface area contributed by atoms with E-state index in [1.165, 1.54) is 28.5 Å². The van der Waals surface area contributed by atoms with Crippen LogP contribution in [0.4, 0.5) is 4.39 Å². The largest absolute Gasteiger partial charge is 0.298 e. The predicted octanol–water partition coefficient (Wildman–Crippen LogP) is 4.61. The van der Waals surface area contributed by atoms with Crippen LogP contribution in [0.25, 0.3) is 10.8 Å². The summed E-state index contributed by atoms with van der Waals surface area (Å²) in [5, 5.41) is 2.57. The van der Waals surface area contributed by atoms with Gasteiger partial charge in [0.2, 0.25) is 0 Å². The van der Waals surface area contributed by atoms with Crippen molar-refractivity contribution < 1.29 is 4.39 Å². The van der Waals surface area contributed by atoms with E-state index in [-0.39, 0.29) is 5.82 Å². The van der Waals surface area contributed by atoms with E-state index in [0.717, 1.165) is 18.7 Å². The Bertz CT molecular complexity index is 729. The van der Waals surface area contributed by atoms with Gasteiger partial charge in [0.25, 0.3) is 0 Å². The second kappa shape index (κ2) is 6.06. The summed E-state index contributed by atoms with van der Waals surface area (Å²) in [5.41, 5.74) is 2.44. The average molecular weight is 279 g/mol. The number of hydrogen-bond donors (Lipinski definition) is 0. The maximum atomic E-state index is 12.9. The second-order valence-electron chi connectivity index (χ2n) is 5.44. The van der Waals surface area contributed by atoms with Gasteiger partial charge in [-0.15, -0.1) is 0 Å². The zero-order chi connectivity index (χ0) is 14.7. The van der Waals surface area contributed by atoms with Gasteiger partial charge in [-0.1, -0.05) is 54.6 Å². The summed E-state index contributed by atoms with van der Waals surface area (Å²) in [4.78, 5) is 2.25. The van der Waals surface area contributed by atoms with E-state index < -0.39 is 0 Å². The summed E-state index contributed by atoms with van der Waals surface area (Å²) in [6.07, 6.45) is 0. The van der Waals surface area contributed by atoms with Crippen LogP contribution in [0.15, 0.2) is 66.7 Å². The molecule has 0 bridgehead atoms. The van der Waals surface area contributed by atoms with Crippen molar-refractivity contribution in [2.24, 2.45) is 0 Å². The third kappa shape index (κ3) is 3.29. The molecule has 0 heterocycles. The van der Waals surface area contributed by atoms with Gasteiger partial charge in [-0.3, -0.25) is 4.90 Å². The molecule has 0 aliphatic rings. The third-order valence-corrected chi connectivity index (χ3v) is 3.69. The SMILES string of the molecule is CN(Cc1ccc(F)cc1)Cc1cccc2ccccc12. The van der Waals surface area contributed by atoms with Crippen molar-refractivity contribution in [3.05, 3.63) is 83.7 Å². The van der Waals surface area contributed by atoms with Crippen LogP contribution in [0.5, 0.6) is 0 Å². The van der Waals surface area contributed by atoms with Gasteiger partial charge in [-0.25, -0.2) is 4.39 Å². The molecule has 106 valence electrons. The zero-order valence-corrected chi connectivity index (χ0v) is 12.1. The smallest absolute Gasteiger partial charge is 0.123 e. The van der Waals surface area contributed by atoms with Crippen LogP contribution in [0.3, 0.4) is 0 Å². The topological polar surface area (TPSA) is 3.24 Å². The Balaban J connectivity index is 1.77. The predicted molar refractivity (Wildman–Crippen MR) is 85.5 cm³/mol. The minimum atomic E-state index is -0.185. The van der Waals surface area contributed by atoms with E-state index in [1.54, 1.807) is 0 Å². The molecule has 0 spiro atoms. The number of nitrogens with zero attached hydrogens (tertiary/aromatic N) is 1. The van der Waals surface area contributed by atoms with Crippen LogP contribution in [0.2, 0.25) is 0 Å². The number of hydrogen-bond acceptors (Lipinski definition) is 1. The molecule has 0 N–H and O–H groups in total. The van der Waals surface area contributed by atoms with E-state index in [4.69, 9.17) is 0 Å². The van der Waals surface area contributed by atoms with Crippen LogP contribution < -0.4 is 0 Å². The molecule has 3 aromatic rings. The fraction of sp³-hybridized carbons (Fsp3) is 0.158. The summed E-state index contributed by atoms with van der Waals surface area (Å²) in [5.74, 6) is -0.185. The average Bonchev–Trinajstić information content (AvgIpc) is 2.50. The molecule has 0 aliphatic carbocycles. The molecule has 0 aliphatic heterocycles. The molecular formula is C19H18FN. The van der Waals surface area contributed by atoms with Crippen molar-refractivity contribution in [3.63, 3.8) is 0 Å². The van der Waals surface area contributed by atoms with Gasteiger partial charge in [0.05, 0.1) is 0 Å². The molecule has 3 aromatic carbocycles. The Morgan fingerprint density at radius 3 is 2.33 bits per heavy atom. The van der Waals surface area contributed by atoms with Gasteiger partial charge in [0, 0.05) is 13.1 Å². The molecule has 0 saturated carbocycles. The van der Waals surface area contributed by atoms with E-state index in [0.29, 0.717) is 0 Å². The van der Waals surface area contributed by atoms with Crippen molar-refractivity contribution in [2.75, 3.05) is 7.05 Å². The monoisotopic (exact) mass is 279 g/mol. The minimum Gasteiger partial charge on any atom is -0.298 e. The van der Waals surface area contributed by atoms with Crippen LogP contribution in [0, 0.1) is 5.82 Å². The Hall–Kier alpha value is -2.19. The summed E-state index contributed by atoms with van der Waals surface area (Å²) < 4.78 is 12.9. The van der Waals surface area contributed by atoms with Crippen LogP contribution in [-0.2, 0) is 13.1 Å². The van der Waals surface area contributed by atoms with E-state index in [9.17, 15) is 4.39 Å². The fourth-order valence-electron chi connectivity index (χ4n) is 2.68. The standard InChI is InChI=1S/C19H18FN/c1-21(13-15-9-11-18(20)12-10-15)14-17-7-4-6-16-5-2-3-8-19(16)17/h2-12H,13-14H2,1H3. The normalized spacial score (nSPS) is 11.2. The maximum Gasteiger partial charge on any atom is 0.123 e. The van der Waals surface area contributed by atoms with Gasteiger partial charge in [0.1, 0.15) is 5.82 Å². The van der Waals surface area contributed by atoms with Crippen molar-refractivity contribution in [1.29, 1.82) is 0 Å². The van der Waals surface area contributed by atoms with Gasteiger partial charge < -0.3 is 0 Å². The van der Waals surface area contributed by atoms with Gasteiger partial charge >= 0.3 is 0 Å². The zero-order valence-electron chi connectivity index (χ0n) is 12.1. The van der Waals surface area contributed by atoms with Crippen LogP contribution in [-0.4, -0.2) is 11.9 Å². The first kappa shape index (κ1) is 13.8. The van der Waals surface area contributed by atoms with Crippen molar-refractivity contribution in [2.45, 2.75) is 13.1 Å². The highest BCUT2D eigenvalue weighted by Gasteiger charge is 2.05. The Morgan fingerprint density at radius 2 is 1.52 bits per heavy atom. The highest BCUT2D eigenvalue weighted by Crippen LogP contribution is 2.20. The molecule has 2 heteroatoms. The third-order valence-electron chi connectivity index (χ3n) is 3.69. The first-order chi connectivity index (χ1) is 10.2. The van der Waals surface area contributed by atoms with E-state index in [1.807, 2.05) is 12.1 Å². The highest BCUT2D eigenvalue weighted by molar-refractivity contribution is 5.85. The summed E-state index contributed by atoms with van der Waals surface area (Å²) in [6, 6.07) is 21.6. The molecule has 0 atom stereocenters. The molecule has 3 rings (SSSR count). The molecule has 0 aromatic heterocycles. The molecule has 0 fully saturated rings. The summed E-state index contributed by atoms with van der Waals surface area (Å²) in [7, 11) is 2.09. The molecule has 1 nitrogen and oxygen atoms in total. The van der Waals surface area contributed by atoms with Crippen LogP contribution in [0.1, 0.15) is 11.1 Å². The molecule has 0 unspecified atom stereocenters.